The zero-order valence-corrected chi connectivity index (χ0v) is 27.8. The van der Waals surface area contributed by atoms with E-state index in [2.05, 4.69) is 5.92 Å². The highest BCUT2D eigenvalue weighted by atomic mass is 16.7. The van der Waals surface area contributed by atoms with Gasteiger partial charge in [0.05, 0.1) is 33.0 Å². The molecule has 1 aromatic rings. The van der Waals surface area contributed by atoms with Gasteiger partial charge in [0.25, 0.3) is 5.60 Å². The van der Waals surface area contributed by atoms with Crippen LogP contribution in [0.25, 0.3) is 0 Å². The van der Waals surface area contributed by atoms with Gasteiger partial charge < -0.3 is 38.1 Å². The standard InChI is InChI=1S/C33H42N2O13/c1-7-32(48-24(6)38)27(45-20-28(32)47-23(5)37)21-46-33(29(39)42-8-2,30(40)43-9-3)19-25-11-13-26(14-12-25)35-16-10-15-34(31(35)41)17-18-44-22(4)36/h1,11-14,27-28H,8-10,15-21H2,2-6H3/t27-,28+,32-/m1/s1. The fourth-order valence-electron chi connectivity index (χ4n) is 5.46. The van der Waals surface area contributed by atoms with E-state index >= 15 is 0 Å². The van der Waals surface area contributed by atoms with Gasteiger partial charge in [0.2, 0.25) is 5.60 Å². The van der Waals surface area contributed by atoms with Crippen molar-refractivity contribution in [3.05, 3.63) is 29.8 Å². The maximum absolute atomic E-state index is 13.6. The average Bonchev–Trinajstić information content (AvgIpc) is 3.35. The van der Waals surface area contributed by atoms with Gasteiger partial charge in [-0.2, -0.15) is 0 Å². The first kappa shape index (κ1) is 37.8. The molecule has 15 nitrogen and oxygen atoms in total. The lowest BCUT2D eigenvalue weighted by Crippen LogP contribution is -2.57. The van der Waals surface area contributed by atoms with Crippen LogP contribution in [0.5, 0.6) is 0 Å². The molecule has 0 radical (unpaired) electrons. The summed E-state index contributed by atoms with van der Waals surface area (Å²) in [5.74, 6) is -1.66. The molecule has 2 amide bonds. The van der Waals surface area contributed by atoms with E-state index in [9.17, 15) is 28.8 Å². The van der Waals surface area contributed by atoms with Crippen molar-refractivity contribution < 1.29 is 61.9 Å². The third kappa shape index (κ3) is 8.81. The van der Waals surface area contributed by atoms with Gasteiger partial charge in [-0.1, -0.05) is 18.1 Å². The second-order valence-corrected chi connectivity index (χ2v) is 11.0. The highest BCUT2D eigenvalue weighted by Gasteiger charge is 2.58. The fourth-order valence-corrected chi connectivity index (χ4v) is 5.46. The normalized spacial score (nSPS) is 20.8. The largest absolute Gasteiger partial charge is 0.464 e. The molecule has 3 rings (SSSR count). The maximum Gasteiger partial charge on any atom is 0.350 e. The summed E-state index contributed by atoms with van der Waals surface area (Å²) >= 11 is 0. The highest BCUT2D eigenvalue weighted by Crippen LogP contribution is 2.35. The Balaban J connectivity index is 1.91. The SMILES string of the molecule is C#C[C@]1(OC(C)=O)[C@@H](OC(C)=O)CO[C@@H]1COC(Cc1ccc(N2CCCN(CCOC(C)=O)C2=O)cc1)(C(=O)OCC)C(=O)OCC. The number of amides is 2. The van der Waals surface area contributed by atoms with Gasteiger partial charge in [0, 0.05) is 46.0 Å². The van der Waals surface area contributed by atoms with Crippen molar-refractivity contribution in [3.63, 3.8) is 0 Å². The summed E-state index contributed by atoms with van der Waals surface area (Å²) in [5, 5.41) is 0. The molecule has 0 N–H and O–H groups in total. The van der Waals surface area contributed by atoms with Crippen LogP contribution in [-0.2, 0) is 63.6 Å². The smallest absolute Gasteiger partial charge is 0.350 e. The van der Waals surface area contributed by atoms with Crippen molar-refractivity contribution in [2.45, 2.75) is 70.9 Å². The number of ether oxygens (including phenoxy) is 7. The van der Waals surface area contributed by atoms with Gasteiger partial charge in [0.1, 0.15) is 12.7 Å². The summed E-state index contributed by atoms with van der Waals surface area (Å²) in [5.41, 5.74) is -3.27. The van der Waals surface area contributed by atoms with E-state index in [1.54, 1.807) is 47.9 Å². The van der Waals surface area contributed by atoms with Crippen molar-refractivity contribution in [2.75, 3.05) is 57.6 Å². The number of hydrogen-bond acceptors (Lipinski definition) is 13. The minimum Gasteiger partial charge on any atom is -0.464 e. The first-order chi connectivity index (χ1) is 22.8. The van der Waals surface area contributed by atoms with Gasteiger partial charge in [-0.15, -0.1) is 6.42 Å². The number of terminal acetylenes is 1. The fraction of sp³-hybridized carbons (Fsp3) is 0.576. The first-order valence-electron chi connectivity index (χ1n) is 15.6. The van der Waals surface area contributed by atoms with Crippen LogP contribution >= 0.6 is 0 Å². The van der Waals surface area contributed by atoms with Gasteiger partial charge >= 0.3 is 35.9 Å². The predicted molar refractivity (Wildman–Crippen MR) is 166 cm³/mol. The Bertz CT molecular complexity index is 1370. The van der Waals surface area contributed by atoms with Gasteiger partial charge in [-0.3, -0.25) is 19.3 Å². The van der Waals surface area contributed by atoms with Crippen molar-refractivity contribution in [1.29, 1.82) is 0 Å². The van der Waals surface area contributed by atoms with Crippen LogP contribution in [0.3, 0.4) is 0 Å². The molecule has 1 aromatic carbocycles. The Kier molecular flexibility index (Phi) is 13.3. The van der Waals surface area contributed by atoms with Crippen LogP contribution in [0.15, 0.2) is 24.3 Å². The lowest BCUT2D eigenvalue weighted by molar-refractivity contribution is -0.200. The van der Waals surface area contributed by atoms with E-state index < -0.39 is 59.9 Å². The van der Waals surface area contributed by atoms with Crippen LogP contribution in [-0.4, -0.2) is 117 Å². The molecule has 15 heteroatoms. The van der Waals surface area contributed by atoms with E-state index in [0.717, 1.165) is 13.8 Å². The van der Waals surface area contributed by atoms with Gasteiger partial charge in [0.15, 0.2) is 6.10 Å². The van der Waals surface area contributed by atoms with Crippen molar-refractivity contribution >= 4 is 41.6 Å². The van der Waals surface area contributed by atoms with Crippen molar-refractivity contribution in [3.8, 4) is 12.3 Å². The lowest BCUT2D eigenvalue weighted by Gasteiger charge is -2.36. The Morgan fingerprint density at radius 2 is 1.60 bits per heavy atom. The zero-order chi connectivity index (χ0) is 35.5. The Morgan fingerprint density at radius 1 is 0.958 bits per heavy atom. The molecule has 2 heterocycles. The molecule has 0 aromatic heterocycles. The lowest BCUT2D eigenvalue weighted by atomic mass is 9.91. The number of rotatable bonds is 15. The van der Waals surface area contributed by atoms with E-state index in [-0.39, 0.29) is 45.4 Å². The van der Waals surface area contributed by atoms with Crippen LogP contribution in [0.2, 0.25) is 0 Å². The summed E-state index contributed by atoms with van der Waals surface area (Å²) < 4.78 is 38.1. The molecule has 48 heavy (non-hydrogen) atoms. The van der Waals surface area contributed by atoms with Crippen LogP contribution < -0.4 is 4.90 Å². The van der Waals surface area contributed by atoms with E-state index in [1.165, 1.54) is 6.92 Å². The van der Waals surface area contributed by atoms with Gasteiger partial charge in [-0.05, 0) is 38.0 Å². The Labute approximate surface area is 279 Å². The van der Waals surface area contributed by atoms with E-state index in [4.69, 9.17) is 39.6 Å². The Morgan fingerprint density at radius 3 is 2.15 bits per heavy atom. The number of esters is 5. The molecule has 2 fully saturated rings. The Hall–Kier alpha value is -4.68. The number of anilines is 1. The number of nitrogens with zero attached hydrogens (tertiary/aromatic N) is 2. The molecule has 3 atom stereocenters. The number of hydrogen-bond donors (Lipinski definition) is 0. The summed E-state index contributed by atoms with van der Waals surface area (Å²) in [6.45, 7) is 6.96. The van der Waals surface area contributed by atoms with Crippen LogP contribution in [0.4, 0.5) is 10.5 Å². The third-order valence-electron chi connectivity index (χ3n) is 7.62. The van der Waals surface area contributed by atoms with Crippen LogP contribution in [0, 0.1) is 12.3 Å². The molecule has 2 saturated heterocycles. The minimum absolute atomic E-state index is 0.0807. The second-order valence-electron chi connectivity index (χ2n) is 11.0. The molecule has 0 spiro atoms. The van der Waals surface area contributed by atoms with Crippen molar-refractivity contribution in [1.82, 2.24) is 4.90 Å². The second kappa shape index (κ2) is 16.9. The number of carbonyl (C=O) groups is 6. The molecule has 2 aliphatic heterocycles. The molecular formula is C33H42N2O13. The monoisotopic (exact) mass is 674 g/mol. The molecule has 0 aliphatic carbocycles. The highest BCUT2D eigenvalue weighted by molar-refractivity contribution is 6.04. The first-order valence-corrected chi connectivity index (χ1v) is 15.6. The third-order valence-corrected chi connectivity index (χ3v) is 7.62. The quantitative estimate of drug-likeness (QED) is 0.114. The average molecular weight is 675 g/mol. The molecule has 0 bridgehead atoms. The molecular weight excluding hydrogens is 632 g/mol. The number of benzene rings is 1. The summed E-state index contributed by atoms with van der Waals surface area (Å²) in [6, 6.07) is 6.33. The van der Waals surface area contributed by atoms with E-state index in [0.29, 0.717) is 30.8 Å². The van der Waals surface area contributed by atoms with Gasteiger partial charge in [-0.25, -0.2) is 14.4 Å². The minimum atomic E-state index is -2.36. The molecule has 262 valence electrons. The number of carbonyl (C=O) groups excluding carboxylic acids is 6. The van der Waals surface area contributed by atoms with Crippen LogP contribution in [0.1, 0.15) is 46.6 Å². The topological polar surface area (TPSA) is 174 Å². The summed E-state index contributed by atoms with van der Waals surface area (Å²) in [4.78, 5) is 78.4. The molecule has 0 unspecified atom stereocenters. The van der Waals surface area contributed by atoms with E-state index in [1.807, 2.05) is 0 Å². The summed E-state index contributed by atoms with van der Waals surface area (Å²) in [6.07, 6.45) is 3.66. The predicted octanol–water partition coefficient (Wildman–Crippen LogP) is 1.57. The zero-order valence-electron chi connectivity index (χ0n) is 27.8. The number of urea groups is 1. The molecule has 2 aliphatic rings. The summed E-state index contributed by atoms with van der Waals surface area (Å²) in [7, 11) is 0. The molecule has 0 saturated carbocycles. The van der Waals surface area contributed by atoms with Crippen molar-refractivity contribution in [2.24, 2.45) is 0 Å². The maximum atomic E-state index is 13.6.